The van der Waals surface area contributed by atoms with Crippen LogP contribution in [0, 0.1) is 0 Å². The van der Waals surface area contributed by atoms with Crippen molar-refractivity contribution in [2.75, 3.05) is 19.9 Å². The Morgan fingerprint density at radius 1 is 1.25 bits per heavy atom. The fourth-order valence-corrected chi connectivity index (χ4v) is 3.22. The van der Waals surface area contributed by atoms with Gasteiger partial charge in [-0.15, -0.1) is 0 Å². The second-order valence-electron chi connectivity index (χ2n) is 5.92. The molecular formula is C17H17N3O4. The molecule has 0 saturated carbocycles. The van der Waals surface area contributed by atoms with Crippen LogP contribution in [0.2, 0.25) is 0 Å². The molecule has 1 amide bonds. The minimum Gasteiger partial charge on any atom is -0.454 e. The number of aliphatic hydroxyl groups is 1. The molecule has 2 aliphatic heterocycles. The molecule has 1 fully saturated rings. The van der Waals surface area contributed by atoms with Crippen LogP contribution in [-0.2, 0) is 0 Å². The van der Waals surface area contributed by atoms with Crippen LogP contribution in [0.15, 0.2) is 36.8 Å². The fraction of sp³-hybridized carbons (Fsp3) is 0.353. The minimum atomic E-state index is -0.639. The highest BCUT2D eigenvalue weighted by molar-refractivity contribution is 5.92. The first-order valence-electron chi connectivity index (χ1n) is 7.85. The van der Waals surface area contributed by atoms with Crippen molar-refractivity contribution in [3.63, 3.8) is 0 Å². The van der Waals surface area contributed by atoms with Crippen molar-refractivity contribution in [2.45, 2.75) is 18.4 Å². The van der Waals surface area contributed by atoms with E-state index in [-0.39, 0.29) is 25.2 Å². The Labute approximate surface area is 138 Å². The van der Waals surface area contributed by atoms with Crippen LogP contribution in [0.25, 0.3) is 0 Å². The van der Waals surface area contributed by atoms with Crippen molar-refractivity contribution in [1.82, 2.24) is 14.9 Å². The summed E-state index contributed by atoms with van der Waals surface area (Å²) >= 11 is 0. The standard InChI is InChI=1S/C17H17N3O4/c21-14-9-20(17(22)13-8-18-4-5-19-13)6-3-12(14)11-1-2-15-16(7-11)24-10-23-15/h1-2,4-5,7-8,12,14,21H,3,6,9-10H2/t12-,14+/m0/s1. The quantitative estimate of drug-likeness (QED) is 0.892. The van der Waals surface area contributed by atoms with Crippen LogP contribution >= 0.6 is 0 Å². The van der Waals surface area contributed by atoms with Crippen LogP contribution in [0.3, 0.4) is 0 Å². The largest absolute Gasteiger partial charge is 0.454 e. The molecule has 2 atom stereocenters. The van der Waals surface area contributed by atoms with Gasteiger partial charge in [0.1, 0.15) is 5.69 Å². The van der Waals surface area contributed by atoms with Crippen LogP contribution < -0.4 is 9.47 Å². The number of rotatable bonds is 2. The lowest BCUT2D eigenvalue weighted by Gasteiger charge is -2.36. The summed E-state index contributed by atoms with van der Waals surface area (Å²) < 4.78 is 10.7. The third-order valence-electron chi connectivity index (χ3n) is 4.48. The van der Waals surface area contributed by atoms with E-state index >= 15 is 0 Å². The van der Waals surface area contributed by atoms with E-state index in [2.05, 4.69) is 9.97 Å². The van der Waals surface area contributed by atoms with Crippen molar-refractivity contribution in [1.29, 1.82) is 0 Å². The summed E-state index contributed by atoms with van der Waals surface area (Å²) in [5.74, 6) is 1.19. The molecule has 0 radical (unpaired) electrons. The molecule has 1 saturated heterocycles. The summed E-state index contributed by atoms with van der Waals surface area (Å²) in [5.41, 5.74) is 1.30. The number of likely N-dealkylation sites (tertiary alicyclic amines) is 1. The average Bonchev–Trinajstić information content (AvgIpc) is 3.09. The molecule has 3 heterocycles. The van der Waals surface area contributed by atoms with Gasteiger partial charge in [0.05, 0.1) is 12.3 Å². The Morgan fingerprint density at radius 2 is 2.12 bits per heavy atom. The van der Waals surface area contributed by atoms with E-state index < -0.39 is 6.10 Å². The smallest absolute Gasteiger partial charge is 0.274 e. The first-order valence-corrected chi connectivity index (χ1v) is 7.85. The summed E-state index contributed by atoms with van der Waals surface area (Å²) in [5, 5.41) is 10.5. The lowest BCUT2D eigenvalue weighted by molar-refractivity contribution is 0.0377. The molecule has 24 heavy (non-hydrogen) atoms. The summed E-state index contributed by atoms with van der Waals surface area (Å²) in [6.45, 7) is 1.06. The van der Waals surface area contributed by atoms with Crippen LogP contribution in [-0.4, -0.2) is 51.9 Å². The molecule has 0 aliphatic carbocycles. The second kappa shape index (κ2) is 6.09. The summed E-state index contributed by atoms with van der Waals surface area (Å²) in [6, 6.07) is 5.72. The number of aliphatic hydroxyl groups excluding tert-OH is 1. The molecule has 0 spiro atoms. The highest BCUT2D eigenvalue weighted by atomic mass is 16.7. The maximum absolute atomic E-state index is 12.4. The SMILES string of the molecule is O=C(c1cnccn1)N1CC[C@@H](c2ccc3c(c2)OCO3)[C@H](O)C1. The second-order valence-corrected chi connectivity index (χ2v) is 5.92. The number of ether oxygens (including phenoxy) is 2. The number of hydrogen-bond acceptors (Lipinski definition) is 6. The van der Waals surface area contributed by atoms with Crippen molar-refractivity contribution >= 4 is 5.91 Å². The Bertz CT molecular complexity index is 753. The Balaban J connectivity index is 1.48. The number of carbonyl (C=O) groups excluding carboxylic acids is 1. The van der Waals surface area contributed by atoms with E-state index in [0.717, 1.165) is 11.3 Å². The molecule has 4 rings (SSSR count). The number of hydrogen-bond donors (Lipinski definition) is 1. The van der Waals surface area contributed by atoms with Gasteiger partial charge in [-0.05, 0) is 24.1 Å². The summed E-state index contributed by atoms with van der Waals surface area (Å²) in [4.78, 5) is 22.0. The zero-order valence-corrected chi connectivity index (χ0v) is 13.0. The Kier molecular flexibility index (Phi) is 3.78. The molecule has 1 aromatic carbocycles. The number of fused-ring (bicyclic) bond motifs is 1. The summed E-state index contributed by atoms with van der Waals surface area (Å²) in [7, 11) is 0. The summed E-state index contributed by atoms with van der Waals surface area (Å²) in [6.07, 6.45) is 4.49. The number of carbonyl (C=O) groups is 1. The number of nitrogens with zero attached hydrogens (tertiary/aromatic N) is 3. The Morgan fingerprint density at radius 3 is 2.92 bits per heavy atom. The van der Waals surface area contributed by atoms with Gasteiger partial charge in [-0.3, -0.25) is 9.78 Å². The number of benzene rings is 1. The average molecular weight is 327 g/mol. The number of β-amino-alcohol motifs (C(OH)–C–C–N with tert-alkyl or cyclic N) is 1. The van der Waals surface area contributed by atoms with E-state index in [1.807, 2.05) is 18.2 Å². The van der Waals surface area contributed by atoms with Gasteiger partial charge in [-0.1, -0.05) is 6.07 Å². The highest BCUT2D eigenvalue weighted by Gasteiger charge is 2.32. The molecule has 7 nitrogen and oxygen atoms in total. The van der Waals surface area contributed by atoms with Gasteiger partial charge in [0.2, 0.25) is 6.79 Å². The van der Waals surface area contributed by atoms with Crippen molar-refractivity contribution in [3.05, 3.63) is 48.0 Å². The zero-order valence-electron chi connectivity index (χ0n) is 13.0. The lowest BCUT2D eigenvalue weighted by atomic mass is 9.87. The first-order chi connectivity index (χ1) is 11.7. The van der Waals surface area contributed by atoms with Gasteiger partial charge in [0.15, 0.2) is 11.5 Å². The molecule has 2 aromatic rings. The van der Waals surface area contributed by atoms with Gasteiger partial charge < -0.3 is 19.5 Å². The van der Waals surface area contributed by atoms with Gasteiger partial charge in [-0.25, -0.2) is 4.98 Å². The van der Waals surface area contributed by atoms with E-state index in [1.54, 1.807) is 4.90 Å². The zero-order chi connectivity index (χ0) is 16.5. The van der Waals surface area contributed by atoms with Gasteiger partial charge in [0, 0.05) is 31.4 Å². The van der Waals surface area contributed by atoms with Crippen molar-refractivity contribution < 1.29 is 19.4 Å². The molecular weight excluding hydrogens is 310 g/mol. The predicted octanol–water partition coefficient (Wildman–Crippen LogP) is 1.20. The monoisotopic (exact) mass is 327 g/mol. The molecule has 2 aliphatic rings. The number of amides is 1. The van der Waals surface area contributed by atoms with Crippen LogP contribution in [0.1, 0.15) is 28.4 Å². The maximum atomic E-state index is 12.4. The Hall–Kier alpha value is -2.67. The number of piperidine rings is 1. The molecule has 1 N–H and O–H groups in total. The van der Waals surface area contributed by atoms with Crippen LogP contribution in [0.5, 0.6) is 11.5 Å². The van der Waals surface area contributed by atoms with Gasteiger partial charge >= 0.3 is 0 Å². The predicted molar refractivity (Wildman–Crippen MR) is 83.9 cm³/mol. The molecule has 0 unspecified atom stereocenters. The molecule has 1 aromatic heterocycles. The lowest BCUT2D eigenvalue weighted by Crippen LogP contribution is -2.46. The topological polar surface area (TPSA) is 84.8 Å². The van der Waals surface area contributed by atoms with E-state index in [4.69, 9.17) is 9.47 Å². The third kappa shape index (κ3) is 2.67. The molecule has 0 bridgehead atoms. The van der Waals surface area contributed by atoms with E-state index in [1.165, 1.54) is 18.6 Å². The highest BCUT2D eigenvalue weighted by Crippen LogP contribution is 2.37. The normalized spacial score (nSPS) is 22.5. The van der Waals surface area contributed by atoms with Gasteiger partial charge in [-0.2, -0.15) is 0 Å². The first kappa shape index (κ1) is 14.9. The molecule has 7 heteroatoms. The maximum Gasteiger partial charge on any atom is 0.274 e. The number of aromatic nitrogens is 2. The van der Waals surface area contributed by atoms with Crippen LogP contribution in [0.4, 0.5) is 0 Å². The third-order valence-corrected chi connectivity index (χ3v) is 4.48. The van der Waals surface area contributed by atoms with E-state index in [9.17, 15) is 9.90 Å². The van der Waals surface area contributed by atoms with Crippen molar-refractivity contribution in [2.24, 2.45) is 0 Å². The minimum absolute atomic E-state index is 0.0367. The van der Waals surface area contributed by atoms with Crippen molar-refractivity contribution in [3.8, 4) is 11.5 Å². The molecule has 124 valence electrons. The fourth-order valence-electron chi connectivity index (χ4n) is 3.22. The van der Waals surface area contributed by atoms with Gasteiger partial charge in [0.25, 0.3) is 5.91 Å². The van der Waals surface area contributed by atoms with E-state index in [0.29, 0.717) is 24.4 Å².